The maximum absolute atomic E-state index is 14.8. The molecular weight excluding hydrogens is 528 g/mol. The zero-order chi connectivity index (χ0) is 27.1. The van der Waals surface area contributed by atoms with Gasteiger partial charge in [0.05, 0.1) is 0 Å². The fraction of sp³-hybridized carbons (Fsp3) is 0.261. The molecule has 7 nitrogen and oxygen atoms in total. The molecule has 1 aromatic heterocycles. The molecule has 0 bridgehead atoms. The minimum atomic E-state index is -5.03. The first kappa shape index (κ1) is 26.5. The summed E-state index contributed by atoms with van der Waals surface area (Å²) in [7, 11) is 0. The number of nitrogens with zero attached hydrogens (tertiary/aromatic N) is 2. The molecule has 1 aliphatic carbocycles. The molecule has 196 valence electrons. The number of alkyl halides is 4. The molecular formula is C23H16F6N3O4S-. The zero-order valence-electron chi connectivity index (χ0n) is 18.8. The largest absolute Gasteiger partial charge is 0.768 e. The monoisotopic (exact) mass is 544 g/mol. The van der Waals surface area contributed by atoms with Crippen molar-refractivity contribution in [2.24, 2.45) is 0 Å². The van der Waals surface area contributed by atoms with E-state index in [0.29, 0.717) is 6.42 Å². The van der Waals surface area contributed by atoms with Crippen LogP contribution in [0.2, 0.25) is 0 Å². The van der Waals surface area contributed by atoms with E-state index in [1.165, 1.54) is 18.2 Å². The highest BCUT2D eigenvalue weighted by Crippen LogP contribution is 2.47. The Morgan fingerprint density at radius 3 is 2.43 bits per heavy atom. The average molecular weight is 544 g/mol. The van der Waals surface area contributed by atoms with E-state index in [0.717, 1.165) is 25.1 Å². The van der Waals surface area contributed by atoms with Gasteiger partial charge in [-0.2, -0.15) is 17.6 Å². The Hall–Kier alpha value is -3.52. The number of aromatic nitrogens is 2. The van der Waals surface area contributed by atoms with Gasteiger partial charge in [0.15, 0.2) is 17.3 Å². The number of halogens is 6. The van der Waals surface area contributed by atoms with Crippen LogP contribution < -0.4 is 10.1 Å². The molecule has 1 N–H and O–H groups in total. The molecule has 3 aromatic rings. The molecule has 1 unspecified atom stereocenters. The van der Waals surface area contributed by atoms with Gasteiger partial charge in [0.1, 0.15) is 11.2 Å². The molecule has 1 atom stereocenters. The summed E-state index contributed by atoms with van der Waals surface area (Å²) in [6.07, 6.45) is -4.54. The molecule has 4 rings (SSSR count). The lowest BCUT2D eigenvalue weighted by Crippen LogP contribution is -2.30. The fourth-order valence-corrected chi connectivity index (χ4v) is 4.21. The fourth-order valence-electron chi connectivity index (χ4n) is 3.80. The number of carbonyl (C=O) groups excluding carboxylic acids is 1. The summed E-state index contributed by atoms with van der Waals surface area (Å²) < 4.78 is 112. The van der Waals surface area contributed by atoms with Gasteiger partial charge >= 0.3 is 6.18 Å². The third-order valence-corrected chi connectivity index (χ3v) is 6.49. The topological polar surface area (TPSA) is 104 Å². The molecule has 0 saturated heterocycles. The second-order valence-corrected chi connectivity index (χ2v) is 9.17. The first-order valence-electron chi connectivity index (χ1n) is 10.6. The highest BCUT2D eigenvalue weighted by atomic mass is 32.2. The number of nitrogens with one attached hydrogen (secondary N) is 1. The summed E-state index contributed by atoms with van der Waals surface area (Å²) in [5.74, 6) is -6.15. The molecule has 37 heavy (non-hydrogen) atoms. The van der Waals surface area contributed by atoms with Gasteiger partial charge in [-0.05, 0) is 73.2 Å². The van der Waals surface area contributed by atoms with E-state index in [2.05, 4.69) is 15.5 Å². The predicted molar refractivity (Wildman–Crippen MR) is 116 cm³/mol. The van der Waals surface area contributed by atoms with Gasteiger partial charge in [-0.1, -0.05) is 6.07 Å². The van der Waals surface area contributed by atoms with E-state index in [1.54, 1.807) is 0 Å². The van der Waals surface area contributed by atoms with E-state index in [1.807, 2.05) is 0 Å². The second kappa shape index (κ2) is 9.74. The second-order valence-electron chi connectivity index (χ2n) is 8.23. The highest BCUT2D eigenvalue weighted by molar-refractivity contribution is 7.79. The SMILES string of the molecule is Cc1c(C(F)(F)F)nnc(Oc2ccc(C3(F)CCC3)c(F)c2F)c1C(=O)Nc1cccc(S(=O)[O-])c1. The van der Waals surface area contributed by atoms with E-state index < -0.39 is 74.5 Å². The van der Waals surface area contributed by atoms with Gasteiger partial charge in [-0.3, -0.25) is 9.00 Å². The Kier molecular flexibility index (Phi) is 6.99. The predicted octanol–water partition coefficient (Wildman–Crippen LogP) is 5.71. The van der Waals surface area contributed by atoms with Gasteiger partial charge in [0.25, 0.3) is 11.8 Å². The van der Waals surface area contributed by atoms with Gasteiger partial charge in [0, 0.05) is 16.1 Å². The molecule has 1 saturated carbocycles. The van der Waals surface area contributed by atoms with Crippen LogP contribution in [-0.4, -0.2) is 24.9 Å². The number of ether oxygens (including phenoxy) is 1. The lowest BCUT2D eigenvalue weighted by molar-refractivity contribution is -0.142. The number of hydrogen-bond donors (Lipinski definition) is 1. The lowest BCUT2D eigenvalue weighted by Gasteiger charge is -2.34. The first-order valence-corrected chi connectivity index (χ1v) is 11.7. The first-order chi connectivity index (χ1) is 17.3. The van der Waals surface area contributed by atoms with Crippen molar-refractivity contribution in [2.75, 3.05) is 5.32 Å². The van der Waals surface area contributed by atoms with Crippen molar-refractivity contribution in [1.82, 2.24) is 10.2 Å². The van der Waals surface area contributed by atoms with E-state index in [4.69, 9.17) is 4.74 Å². The van der Waals surface area contributed by atoms with Gasteiger partial charge in [0.2, 0.25) is 5.82 Å². The Morgan fingerprint density at radius 2 is 1.84 bits per heavy atom. The summed E-state index contributed by atoms with van der Waals surface area (Å²) >= 11 is -2.66. The minimum Gasteiger partial charge on any atom is -0.768 e. The summed E-state index contributed by atoms with van der Waals surface area (Å²) in [6.45, 7) is 0.895. The standard InChI is InChI=1S/C23H17F6N3O4S/c1-11-16(20(33)30-12-4-2-5-13(10-12)37(34)35)21(32-31-19(11)23(27,28)29)36-15-7-6-14(17(24)18(15)25)22(26)8-3-9-22/h2,4-7,10H,3,8-9H2,1H3,(H,30,33)(H,34,35)/p-1. The average Bonchev–Trinajstić information content (AvgIpc) is 2.80. The maximum Gasteiger partial charge on any atom is 0.435 e. The van der Waals surface area contributed by atoms with Crippen LogP contribution in [0.5, 0.6) is 11.6 Å². The van der Waals surface area contributed by atoms with Crippen LogP contribution in [-0.2, 0) is 22.9 Å². The quantitative estimate of drug-likeness (QED) is 0.315. The number of rotatable bonds is 6. The molecule has 1 aliphatic rings. The van der Waals surface area contributed by atoms with Crippen molar-refractivity contribution in [3.8, 4) is 11.6 Å². The molecule has 1 heterocycles. The molecule has 0 radical (unpaired) electrons. The molecule has 1 amide bonds. The van der Waals surface area contributed by atoms with Crippen molar-refractivity contribution >= 4 is 22.7 Å². The Morgan fingerprint density at radius 1 is 1.14 bits per heavy atom. The van der Waals surface area contributed by atoms with Crippen LogP contribution in [0, 0.1) is 18.6 Å². The van der Waals surface area contributed by atoms with Crippen LogP contribution in [0.15, 0.2) is 41.3 Å². The summed E-state index contributed by atoms with van der Waals surface area (Å²) in [4.78, 5) is 12.8. The van der Waals surface area contributed by atoms with Crippen LogP contribution in [0.1, 0.15) is 46.4 Å². The molecule has 0 spiro atoms. The lowest BCUT2D eigenvalue weighted by atomic mass is 9.76. The Bertz CT molecular complexity index is 1410. The van der Waals surface area contributed by atoms with Crippen LogP contribution in [0.4, 0.5) is 32.0 Å². The van der Waals surface area contributed by atoms with Crippen LogP contribution in [0.3, 0.4) is 0 Å². The van der Waals surface area contributed by atoms with Gasteiger partial charge < -0.3 is 14.6 Å². The van der Waals surface area contributed by atoms with Crippen molar-refractivity contribution in [1.29, 1.82) is 0 Å². The molecule has 14 heteroatoms. The number of hydrogen-bond acceptors (Lipinski definition) is 6. The highest BCUT2D eigenvalue weighted by Gasteiger charge is 2.42. The number of anilines is 1. The van der Waals surface area contributed by atoms with E-state index in [-0.39, 0.29) is 23.4 Å². The van der Waals surface area contributed by atoms with Gasteiger partial charge in [-0.15, -0.1) is 10.2 Å². The minimum absolute atomic E-state index is 0.00140. The van der Waals surface area contributed by atoms with Crippen LogP contribution >= 0.6 is 0 Å². The smallest absolute Gasteiger partial charge is 0.435 e. The number of carbonyl (C=O) groups is 1. The Labute approximate surface area is 208 Å². The Balaban J connectivity index is 1.75. The number of amides is 1. The summed E-state index contributed by atoms with van der Waals surface area (Å²) in [5, 5.41) is 8.52. The third kappa shape index (κ3) is 5.16. The van der Waals surface area contributed by atoms with Crippen molar-refractivity contribution in [3.05, 3.63) is 70.4 Å². The van der Waals surface area contributed by atoms with Crippen molar-refractivity contribution in [2.45, 2.75) is 42.9 Å². The van der Waals surface area contributed by atoms with E-state index >= 15 is 0 Å². The summed E-state index contributed by atoms with van der Waals surface area (Å²) in [5.41, 5.74) is -5.76. The van der Waals surface area contributed by atoms with Crippen LogP contribution in [0.25, 0.3) is 0 Å². The number of benzene rings is 2. The van der Waals surface area contributed by atoms with E-state index in [9.17, 15) is 39.9 Å². The van der Waals surface area contributed by atoms with Crippen molar-refractivity contribution in [3.63, 3.8) is 0 Å². The van der Waals surface area contributed by atoms with Gasteiger partial charge in [-0.25, -0.2) is 8.78 Å². The zero-order valence-corrected chi connectivity index (χ0v) is 19.6. The molecule has 0 aliphatic heterocycles. The molecule has 2 aromatic carbocycles. The summed E-state index contributed by atoms with van der Waals surface area (Å²) in [6, 6.07) is 6.61. The molecule has 1 fully saturated rings. The third-order valence-electron chi connectivity index (χ3n) is 5.85. The maximum atomic E-state index is 14.8. The normalized spacial score (nSPS) is 15.6. The van der Waals surface area contributed by atoms with Crippen molar-refractivity contribution < 1.29 is 44.6 Å².